The number of carbonyl (C=O) groups is 8. The normalized spacial score (nSPS) is 27.4. The van der Waals surface area contributed by atoms with Crippen molar-refractivity contribution < 1.29 is 83.9 Å². The molecule has 8 amide bonds. The fourth-order valence-corrected chi connectivity index (χ4v) is 11.4. The molecule has 482 valence electrons. The summed E-state index contributed by atoms with van der Waals surface area (Å²) >= 11 is 0. The first-order valence-electron chi connectivity index (χ1n) is 30.5. The van der Waals surface area contributed by atoms with Crippen LogP contribution in [0.25, 0.3) is 0 Å². The highest BCUT2D eigenvalue weighted by Crippen LogP contribution is 2.27. The summed E-state index contributed by atoms with van der Waals surface area (Å²) in [6.45, 7) is 9.64. The summed E-state index contributed by atoms with van der Waals surface area (Å²) in [4.78, 5) is 115. The Morgan fingerprint density at radius 2 is 1.34 bits per heavy atom. The predicted molar refractivity (Wildman–Crippen MR) is 311 cm³/mol. The summed E-state index contributed by atoms with van der Waals surface area (Å²) in [5, 5.41) is 106. The number of amides is 8. The van der Waals surface area contributed by atoms with Crippen LogP contribution in [0.1, 0.15) is 162 Å². The van der Waals surface area contributed by atoms with E-state index in [4.69, 9.17) is 10.5 Å². The largest absolute Gasteiger partial charge is 0.508 e. The van der Waals surface area contributed by atoms with E-state index in [1.54, 1.807) is 0 Å². The van der Waals surface area contributed by atoms with Crippen molar-refractivity contribution in [2.24, 2.45) is 23.5 Å². The van der Waals surface area contributed by atoms with Gasteiger partial charge in [-0.15, -0.1) is 0 Å². The van der Waals surface area contributed by atoms with Crippen LogP contribution in [0.5, 0.6) is 5.75 Å². The molecule has 9 unspecified atom stereocenters. The van der Waals surface area contributed by atoms with Gasteiger partial charge < -0.3 is 93.0 Å². The Bertz CT molecular complexity index is 2300. The van der Waals surface area contributed by atoms with E-state index < -0.39 is 165 Å². The van der Waals surface area contributed by atoms with Crippen molar-refractivity contribution in [1.29, 1.82) is 0 Å². The van der Waals surface area contributed by atoms with Crippen LogP contribution < -0.4 is 37.6 Å². The van der Waals surface area contributed by atoms with Crippen LogP contribution >= 0.6 is 0 Å². The molecule has 0 bridgehead atoms. The Morgan fingerprint density at radius 3 is 1.98 bits per heavy atom. The van der Waals surface area contributed by atoms with Crippen molar-refractivity contribution in [2.75, 3.05) is 33.3 Å². The zero-order chi connectivity index (χ0) is 63.1. The summed E-state index contributed by atoms with van der Waals surface area (Å²) in [7, 11) is 1.84. The van der Waals surface area contributed by atoms with E-state index >= 15 is 0 Å². The average Bonchev–Trinajstić information content (AvgIpc) is 3.60. The Labute approximate surface area is 499 Å². The predicted octanol–water partition coefficient (Wildman–Crippen LogP) is -0.901. The lowest BCUT2D eigenvalue weighted by molar-refractivity contribution is -0.150. The van der Waals surface area contributed by atoms with Crippen molar-refractivity contribution in [3.63, 3.8) is 0 Å². The highest BCUT2D eigenvalue weighted by molar-refractivity contribution is 5.98. The van der Waals surface area contributed by atoms with Crippen LogP contribution in [0.4, 0.5) is 0 Å². The van der Waals surface area contributed by atoms with E-state index in [9.17, 15) is 79.2 Å². The molecular formula is C59H99N9O17. The molecular weight excluding hydrogens is 1110 g/mol. The fourth-order valence-electron chi connectivity index (χ4n) is 11.4. The lowest BCUT2D eigenvalue weighted by Gasteiger charge is -2.34. The number of benzene rings is 1. The van der Waals surface area contributed by atoms with E-state index in [1.807, 2.05) is 7.05 Å². The second kappa shape index (κ2) is 35.9. The number of fused-ring (bicyclic) bond motifs is 2. The van der Waals surface area contributed by atoms with Crippen LogP contribution in [0.2, 0.25) is 0 Å². The minimum atomic E-state index is -2.36. The van der Waals surface area contributed by atoms with Crippen molar-refractivity contribution in [3.05, 3.63) is 29.8 Å². The van der Waals surface area contributed by atoms with Crippen molar-refractivity contribution in [2.45, 2.75) is 235 Å². The quantitative estimate of drug-likeness (QED) is 0.0432. The van der Waals surface area contributed by atoms with Gasteiger partial charge in [-0.3, -0.25) is 38.4 Å². The van der Waals surface area contributed by atoms with Gasteiger partial charge in [0.15, 0.2) is 6.23 Å². The molecule has 1 aromatic rings. The Balaban J connectivity index is 1.78. The molecule has 0 saturated carbocycles. The molecule has 3 aliphatic rings. The van der Waals surface area contributed by atoms with Crippen molar-refractivity contribution in [3.8, 4) is 5.75 Å². The first-order chi connectivity index (χ1) is 40.3. The van der Waals surface area contributed by atoms with Gasteiger partial charge in [0, 0.05) is 39.0 Å². The average molecular weight is 1210 g/mol. The van der Waals surface area contributed by atoms with Crippen LogP contribution in [-0.4, -0.2) is 210 Å². The van der Waals surface area contributed by atoms with E-state index in [-0.39, 0.29) is 30.8 Å². The number of nitrogens with two attached hydrogens (primary N) is 1. The van der Waals surface area contributed by atoms with Crippen molar-refractivity contribution >= 4 is 47.3 Å². The van der Waals surface area contributed by atoms with Crippen LogP contribution in [0.15, 0.2) is 24.3 Å². The zero-order valence-electron chi connectivity index (χ0n) is 50.4. The van der Waals surface area contributed by atoms with Gasteiger partial charge in [-0.05, 0) is 88.1 Å². The van der Waals surface area contributed by atoms with Crippen LogP contribution in [-0.2, 0) is 43.1 Å². The first-order valence-corrected chi connectivity index (χ1v) is 30.5. The monoisotopic (exact) mass is 1210 g/mol. The van der Waals surface area contributed by atoms with Crippen LogP contribution in [0, 0.1) is 17.8 Å². The van der Waals surface area contributed by atoms with E-state index in [0.717, 1.165) is 86.8 Å². The molecule has 26 heteroatoms. The Hall–Kier alpha value is -5.58. The number of aliphatic hydroxyl groups excluding tert-OH is 7. The van der Waals surface area contributed by atoms with Gasteiger partial charge >= 0.3 is 0 Å². The lowest BCUT2D eigenvalue weighted by Crippen LogP contribution is -2.64. The van der Waals surface area contributed by atoms with Gasteiger partial charge in [0.25, 0.3) is 0 Å². The summed E-state index contributed by atoms with van der Waals surface area (Å²) < 4.78 is 6.14. The number of ether oxygens (including phenoxy) is 1. The third-order valence-corrected chi connectivity index (χ3v) is 16.7. The number of primary amides is 1. The smallest absolute Gasteiger partial charge is 0.248 e. The zero-order valence-corrected chi connectivity index (χ0v) is 50.4. The maximum absolute atomic E-state index is 14.8. The molecule has 3 saturated heterocycles. The number of rotatable bonds is 29. The van der Waals surface area contributed by atoms with E-state index in [1.165, 1.54) is 18.6 Å². The number of aromatic hydroxyl groups is 1. The number of aliphatic hydroxyl groups is 7. The second-order valence-corrected chi connectivity index (χ2v) is 23.8. The van der Waals surface area contributed by atoms with E-state index in [0.29, 0.717) is 43.4 Å². The molecule has 1 aromatic carbocycles. The number of hydrogen-bond donors (Lipinski definition) is 15. The Morgan fingerprint density at radius 1 is 0.718 bits per heavy atom. The second-order valence-electron chi connectivity index (χ2n) is 23.8. The van der Waals surface area contributed by atoms with Gasteiger partial charge in [-0.2, -0.15) is 0 Å². The third kappa shape index (κ3) is 22.3. The molecule has 17 atom stereocenters. The molecule has 4 rings (SSSR count). The number of unbranched alkanes of at least 4 members (excludes halogenated alkanes) is 6. The fraction of sp³-hybridized carbons (Fsp3) is 0.763. The van der Waals surface area contributed by atoms with E-state index in [2.05, 4.69) is 59.6 Å². The van der Waals surface area contributed by atoms with Gasteiger partial charge in [0.1, 0.15) is 60.3 Å². The molecule has 3 fully saturated rings. The number of nitrogens with one attached hydrogen (secondary N) is 6. The molecule has 3 aliphatic heterocycles. The molecule has 16 N–H and O–H groups in total. The van der Waals surface area contributed by atoms with Gasteiger partial charge in [-0.25, -0.2) is 0 Å². The van der Waals surface area contributed by atoms with Gasteiger partial charge in [0.2, 0.25) is 47.3 Å². The topological polar surface area (TPSA) is 412 Å². The summed E-state index contributed by atoms with van der Waals surface area (Å²) in [5.74, 6) is -7.78. The van der Waals surface area contributed by atoms with Gasteiger partial charge in [0.05, 0.1) is 30.8 Å². The van der Waals surface area contributed by atoms with Crippen molar-refractivity contribution in [1.82, 2.24) is 41.7 Å². The number of carbonyl (C=O) groups excluding carboxylic acids is 8. The highest BCUT2D eigenvalue weighted by atomic mass is 16.5. The number of hydrogen-bond acceptors (Lipinski definition) is 18. The molecule has 0 aliphatic carbocycles. The maximum Gasteiger partial charge on any atom is 0.248 e. The Kier molecular flexibility index (Phi) is 30.4. The third-order valence-electron chi connectivity index (χ3n) is 16.7. The summed E-state index contributed by atoms with van der Waals surface area (Å²) in [6, 6.07) is -7.10. The standard InChI is InChI=1S/C59H99N9O17/c1-7-33(3)27-34(4)17-13-11-9-10-12-14-19-46(76)62-40-29-44(74)57(85-26-16-15-18-36(8-2)31-61-6)66-56(82)50-42(72)24-25-67(50)59(84)48(43(73)30-45(60)75)64-55(81)49(52(78)51(77)37-20-22-38(70)23-21-37)65-54(80)41-28-39(71)32-68(41)58(83)47(35(5)69)63-53(40)79/h20-23,33-36,39-44,47-52,57,61,69-74,77-78H,7-19,24-32H2,1-6H3,(H2,60,75)(H,62,76)(H,63,79)(H,64,81)(H,65,80)(H,66,82)/t33-,34+,35+,36?,39+,40-,41?,42-,43+,44+,47?,48?,49?,50?,51?,52?,57?/m0/s1. The van der Waals surface area contributed by atoms with Gasteiger partial charge in [-0.1, -0.05) is 97.6 Å². The minimum absolute atomic E-state index is 0.0480. The maximum atomic E-state index is 14.8. The highest BCUT2D eigenvalue weighted by Gasteiger charge is 2.49. The molecule has 0 aromatic heterocycles. The molecule has 85 heavy (non-hydrogen) atoms. The molecule has 26 nitrogen and oxygen atoms in total. The molecule has 0 radical (unpaired) electrons. The summed E-state index contributed by atoms with van der Waals surface area (Å²) in [5.41, 5.74) is 5.33. The minimum Gasteiger partial charge on any atom is -0.508 e. The molecule has 0 spiro atoms. The molecule has 3 heterocycles. The number of nitrogens with zero attached hydrogens (tertiary/aromatic N) is 2. The SMILES string of the molecule is CCC(CCCCOC1NC(=O)C2[C@@H](O)CCN2C(=O)C([C@H](O)CC(N)=O)NC(=O)C(C(O)C(O)c2ccc(O)cc2)NC(=O)C2C[C@@H](O)CN2C(=O)C([C@@H](C)O)NC(=O)[C@@H](NC(=O)CCCCCCCC[C@@H](C)C[C@@H](C)CC)C[C@H]1O)CNC. The lowest BCUT2D eigenvalue weighted by atomic mass is 9.91. The van der Waals surface area contributed by atoms with Crippen LogP contribution in [0.3, 0.4) is 0 Å². The number of phenolic OH excluding ortho intramolecular Hbond substituents is 1. The number of phenols is 1. The summed E-state index contributed by atoms with van der Waals surface area (Å²) in [6.07, 6.45) is -6.20. The first kappa shape index (κ1) is 71.9.